The molecule has 0 spiro atoms. The van der Waals surface area contributed by atoms with Crippen molar-refractivity contribution in [3.63, 3.8) is 0 Å². The molecule has 0 saturated heterocycles. The van der Waals surface area contributed by atoms with Crippen molar-refractivity contribution < 1.29 is 14.3 Å². The van der Waals surface area contributed by atoms with E-state index >= 15 is 0 Å². The lowest BCUT2D eigenvalue weighted by Gasteiger charge is -2.13. The molecule has 0 aliphatic rings. The molecule has 2 N–H and O–H groups in total. The van der Waals surface area contributed by atoms with Crippen molar-refractivity contribution in [3.05, 3.63) is 52.5 Å². The number of carbonyl (C=O) groups excluding carboxylic acids is 1. The quantitative estimate of drug-likeness (QED) is 0.732. The van der Waals surface area contributed by atoms with Gasteiger partial charge in [-0.15, -0.1) is 0 Å². The number of hydrogen-bond acceptors (Lipinski definition) is 4. The summed E-state index contributed by atoms with van der Waals surface area (Å²) in [6.45, 7) is 2.44. The van der Waals surface area contributed by atoms with Gasteiger partial charge in [0, 0.05) is 5.56 Å². The van der Waals surface area contributed by atoms with Gasteiger partial charge < -0.3 is 14.8 Å². The van der Waals surface area contributed by atoms with Gasteiger partial charge in [-0.25, -0.2) is 0 Å². The third-order valence-corrected chi connectivity index (χ3v) is 3.90. The van der Waals surface area contributed by atoms with Crippen molar-refractivity contribution in [2.24, 2.45) is 0 Å². The molecule has 0 unspecified atom stereocenters. The number of anilines is 1. The summed E-state index contributed by atoms with van der Waals surface area (Å²) in [5.74, 6) is 1.01. The molecule has 2 aromatic carbocycles. The van der Waals surface area contributed by atoms with Gasteiger partial charge in [0.15, 0.2) is 5.11 Å². The normalized spacial score (nSPS) is 9.96. The fourth-order valence-electron chi connectivity index (χ4n) is 1.99. The van der Waals surface area contributed by atoms with Crippen molar-refractivity contribution in [1.82, 2.24) is 5.32 Å². The lowest BCUT2D eigenvalue weighted by Crippen LogP contribution is -2.34. The van der Waals surface area contributed by atoms with Crippen LogP contribution >= 0.6 is 28.1 Å². The lowest BCUT2D eigenvalue weighted by atomic mass is 10.2. The lowest BCUT2D eigenvalue weighted by molar-refractivity contribution is 0.0977. The molecule has 0 aromatic heterocycles. The number of amides is 1. The Hall–Kier alpha value is -2.12. The number of ether oxygens (including phenoxy) is 2. The molecule has 2 aromatic rings. The zero-order chi connectivity index (χ0) is 17.5. The predicted molar refractivity (Wildman–Crippen MR) is 102 cm³/mol. The zero-order valence-corrected chi connectivity index (χ0v) is 15.7. The van der Waals surface area contributed by atoms with Gasteiger partial charge in [-0.3, -0.25) is 10.1 Å². The standard InChI is InChI=1S/C17H17BrN2O3S/c1-3-23-15-7-5-4-6-13(15)19-17(24)20-16(21)11-8-9-14(22-2)12(18)10-11/h4-10H,3H2,1-2H3,(H2,19,20,21,24). The molecular weight excluding hydrogens is 392 g/mol. The number of hydrogen-bond donors (Lipinski definition) is 2. The Kier molecular flexibility index (Phi) is 6.57. The Balaban J connectivity index is 2.04. The first kappa shape index (κ1) is 18.2. The Morgan fingerprint density at radius 1 is 1.21 bits per heavy atom. The van der Waals surface area contributed by atoms with Gasteiger partial charge in [-0.1, -0.05) is 12.1 Å². The number of methoxy groups -OCH3 is 1. The van der Waals surface area contributed by atoms with E-state index < -0.39 is 0 Å². The molecule has 0 heterocycles. The highest BCUT2D eigenvalue weighted by molar-refractivity contribution is 9.10. The van der Waals surface area contributed by atoms with E-state index in [9.17, 15) is 4.79 Å². The molecule has 7 heteroatoms. The molecule has 0 saturated carbocycles. The average molecular weight is 409 g/mol. The second-order valence-corrected chi connectivity index (χ2v) is 5.95. The van der Waals surface area contributed by atoms with E-state index in [4.69, 9.17) is 21.7 Å². The number of nitrogens with one attached hydrogen (secondary N) is 2. The molecule has 24 heavy (non-hydrogen) atoms. The Labute approximate surface area is 154 Å². The van der Waals surface area contributed by atoms with Crippen molar-refractivity contribution in [2.45, 2.75) is 6.92 Å². The minimum Gasteiger partial charge on any atom is -0.496 e. The monoisotopic (exact) mass is 408 g/mol. The highest BCUT2D eigenvalue weighted by Gasteiger charge is 2.11. The minimum atomic E-state index is -0.315. The van der Waals surface area contributed by atoms with Gasteiger partial charge >= 0.3 is 0 Å². The third-order valence-electron chi connectivity index (χ3n) is 3.08. The van der Waals surface area contributed by atoms with Gasteiger partial charge in [0.05, 0.1) is 23.9 Å². The molecule has 126 valence electrons. The van der Waals surface area contributed by atoms with E-state index in [1.54, 1.807) is 25.3 Å². The van der Waals surface area contributed by atoms with Crippen molar-refractivity contribution in [3.8, 4) is 11.5 Å². The summed E-state index contributed by atoms with van der Waals surface area (Å²) in [6, 6.07) is 12.4. The van der Waals surface area contributed by atoms with Crippen LogP contribution in [-0.2, 0) is 0 Å². The van der Waals surface area contributed by atoms with Crippen LogP contribution in [0, 0.1) is 0 Å². The predicted octanol–water partition coefficient (Wildman–Crippen LogP) is 3.98. The molecule has 0 bridgehead atoms. The molecular formula is C17H17BrN2O3S. The van der Waals surface area contributed by atoms with Crippen LogP contribution in [0.3, 0.4) is 0 Å². The smallest absolute Gasteiger partial charge is 0.257 e. The Bertz CT molecular complexity index is 752. The highest BCUT2D eigenvalue weighted by Crippen LogP contribution is 2.26. The largest absolute Gasteiger partial charge is 0.496 e. The van der Waals surface area contributed by atoms with E-state index in [1.165, 1.54) is 0 Å². The van der Waals surface area contributed by atoms with Crippen molar-refractivity contribution >= 4 is 44.9 Å². The summed E-state index contributed by atoms with van der Waals surface area (Å²) in [6.07, 6.45) is 0. The van der Waals surface area contributed by atoms with Crippen LogP contribution in [0.5, 0.6) is 11.5 Å². The van der Waals surface area contributed by atoms with Crippen molar-refractivity contribution in [1.29, 1.82) is 0 Å². The fourth-order valence-corrected chi connectivity index (χ4v) is 2.73. The molecule has 0 atom stereocenters. The van der Waals surface area contributed by atoms with Crippen LogP contribution in [-0.4, -0.2) is 24.7 Å². The Morgan fingerprint density at radius 2 is 1.96 bits per heavy atom. The number of carbonyl (C=O) groups is 1. The molecule has 0 radical (unpaired) electrons. The summed E-state index contributed by atoms with van der Waals surface area (Å²) in [4.78, 5) is 12.3. The third kappa shape index (κ3) is 4.69. The first-order valence-electron chi connectivity index (χ1n) is 7.22. The maximum Gasteiger partial charge on any atom is 0.257 e. The minimum absolute atomic E-state index is 0.194. The van der Waals surface area contributed by atoms with Crippen LogP contribution in [0.2, 0.25) is 0 Å². The van der Waals surface area contributed by atoms with Crippen molar-refractivity contribution in [2.75, 3.05) is 19.0 Å². The maximum absolute atomic E-state index is 12.3. The van der Waals surface area contributed by atoms with E-state index in [0.717, 1.165) is 0 Å². The van der Waals surface area contributed by atoms with E-state index in [0.29, 0.717) is 33.8 Å². The summed E-state index contributed by atoms with van der Waals surface area (Å²) in [7, 11) is 1.56. The van der Waals surface area contributed by atoms with Crippen LogP contribution < -0.4 is 20.1 Å². The summed E-state index contributed by atoms with van der Waals surface area (Å²) < 4.78 is 11.4. The molecule has 0 fully saturated rings. The topological polar surface area (TPSA) is 59.6 Å². The van der Waals surface area contributed by atoms with Gasteiger partial charge in [0.2, 0.25) is 0 Å². The Morgan fingerprint density at radius 3 is 2.62 bits per heavy atom. The first-order valence-corrected chi connectivity index (χ1v) is 8.43. The molecule has 2 rings (SSSR count). The highest BCUT2D eigenvalue weighted by atomic mass is 79.9. The summed E-state index contributed by atoms with van der Waals surface area (Å²) in [5.41, 5.74) is 1.16. The maximum atomic E-state index is 12.3. The van der Waals surface area contributed by atoms with Gasteiger partial charge in [0.25, 0.3) is 5.91 Å². The second kappa shape index (κ2) is 8.65. The van der Waals surface area contributed by atoms with E-state index in [-0.39, 0.29) is 11.0 Å². The van der Waals surface area contributed by atoms with Gasteiger partial charge in [-0.2, -0.15) is 0 Å². The first-order chi connectivity index (χ1) is 11.5. The van der Waals surface area contributed by atoms with Crippen LogP contribution in [0.15, 0.2) is 46.9 Å². The number of para-hydroxylation sites is 2. The number of rotatable bonds is 5. The van der Waals surface area contributed by atoms with E-state index in [2.05, 4.69) is 26.6 Å². The SMILES string of the molecule is CCOc1ccccc1NC(=S)NC(=O)c1ccc(OC)c(Br)c1. The fraction of sp³-hybridized carbons (Fsp3) is 0.176. The second-order valence-electron chi connectivity index (χ2n) is 4.69. The molecule has 0 aliphatic carbocycles. The number of benzene rings is 2. The number of halogens is 1. The molecule has 0 aliphatic heterocycles. The van der Waals surface area contributed by atoms with Crippen LogP contribution in [0.25, 0.3) is 0 Å². The van der Waals surface area contributed by atoms with Gasteiger partial charge in [0.1, 0.15) is 11.5 Å². The van der Waals surface area contributed by atoms with Crippen LogP contribution in [0.1, 0.15) is 17.3 Å². The molecule has 5 nitrogen and oxygen atoms in total. The van der Waals surface area contributed by atoms with E-state index in [1.807, 2.05) is 31.2 Å². The summed E-state index contributed by atoms with van der Waals surface area (Å²) >= 11 is 8.55. The average Bonchev–Trinajstić information content (AvgIpc) is 2.56. The number of thiocarbonyl (C=S) groups is 1. The zero-order valence-electron chi connectivity index (χ0n) is 13.3. The molecule has 1 amide bonds. The van der Waals surface area contributed by atoms with Crippen LogP contribution in [0.4, 0.5) is 5.69 Å². The van der Waals surface area contributed by atoms with Gasteiger partial charge in [-0.05, 0) is 65.4 Å². The summed E-state index contributed by atoms with van der Waals surface area (Å²) in [5, 5.41) is 5.81.